The molecule has 0 aromatic carbocycles. The van der Waals surface area contributed by atoms with E-state index in [0.29, 0.717) is 25.4 Å². The van der Waals surface area contributed by atoms with E-state index in [1.807, 2.05) is 4.90 Å². The summed E-state index contributed by atoms with van der Waals surface area (Å²) in [4.78, 5) is 43.4. The zero-order valence-corrected chi connectivity index (χ0v) is 17.2. The van der Waals surface area contributed by atoms with Crippen LogP contribution in [0.15, 0.2) is 11.5 Å². The molecule has 0 unspecified atom stereocenters. The first kappa shape index (κ1) is 18.6. The lowest BCUT2D eigenvalue weighted by atomic mass is 9.78. The first-order valence-electron chi connectivity index (χ1n) is 10.8. The summed E-state index contributed by atoms with van der Waals surface area (Å²) in [6.45, 7) is 6.08. The summed E-state index contributed by atoms with van der Waals surface area (Å²) in [5, 5.41) is 4.10. The maximum Gasteiger partial charge on any atom is 0.266 e. The summed E-state index contributed by atoms with van der Waals surface area (Å²) >= 11 is 0. The Balaban J connectivity index is 1.32. The molecule has 2 fully saturated rings. The molecule has 4 heterocycles. The molecule has 1 N–H and O–H groups in total. The molecular weight excluding hydrogens is 370 g/mol. The van der Waals surface area contributed by atoms with Gasteiger partial charge in [0.05, 0.1) is 23.3 Å². The number of fused-ring (bicyclic) bond motifs is 2. The molecule has 1 saturated heterocycles. The number of imidazole rings is 1. The minimum Gasteiger partial charge on any atom is -0.382 e. The highest BCUT2D eigenvalue weighted by atomic mass is 16.6. The monoisotopic (exact) mass is 399 g/mol. The van der Waals surface area contributed by atoms with Gasteiger partial charge in [0.1, 0.15) is 0 Å². The van der Waals surface area contributed by atoms with E-state index < -0.39 is 6.10 Å². The van der Waals surface area contributed by atoms with Gasteiger partial charge in [0.2, 0.25) is 12.0 Å². The largest absolute Gasteiger partial charge is 0.382 e. The van der Waals surface area contributed by atoms with Crippen LogP contribution in [-0.4, -0.2) is 63.0 Å². The number of aromatic nitrogens is 2. The van der Waals surface area contributed by atoms with Crippen LogP contribution in [0.4, 0.5) is 0 Å². The van der Waals surface area contributed by atoms with Crippen LogP contribution < -0.4 is 0 Å². The van der Waals surface area contributed by atoms with Crippen LogP contribution in [0.3, 0.4) is 0 Å². The average Bonchev–Trinajstić information content (AvgIpc) is 3.25. The summed E-state index contributed by atoms with van der Waals surface area (Å²) in [6.07, 6.45) is 6.09. The molecule has 5 rings (SSSR count). The van der Waals surface area contributed by atoms with Gasteiger partial charge in [-0.15, -0.1) is 0 Å². The van der Waals surface area contributed by atoms with Gasteiger partial charge in [-0.3, -0.25) is 9.59 Å². The standard InChI is InChI=1S/C21H29N5O3/c1-13(2)16-11-17(29-24-16)20(28)25-9-6-21(7-10-25)18-15(22-12-23-18)5-8-26(21)19(27)14-3-4-14/h12-14,17H,3-11H2,1-2H3,(H,22,23)/t17-/m0/s1. The quantitative estimate of drug-likeness (QED) is 0.839. The third-order valence-corrected chi connectivity index (χ3v) is 6.99. The van der Waals surface area contributed by atoms with E-state index in [2.05, 4.69) is 33.9 Å². The van der Waals surface area contributed by atoms with Crippen molar-refractivity contribution in [2.45, 2.75) is 64.0 Å². The number of likely N-dealkylation sites (tertiary alicyclic amines) is 1. The Morgan fingerprint density at radius 2 is 1.97 bits per heavy atom. The van der Waals surface area contributed by atoms with Crippen LogP contribution >= 0.6 is 0 Å². The first-order valence-corrected chi connectivity index (χ1v) is 10.8. The second kappa shape index (κ2) is 6.85. The molecule has 1 atom stereocenters. The van der Waals surface area contributed by atoms with Crippen molar-refractivity contribution >= 4 is 17.5 Å². The first-order chi connectivity index (χ1) is 14.0. The average molecular weight is 399 g/mol. The van der Waals surface area contributed by atoms with Gasteiger partial charge < -0.3 is 19.6 Å². The minimum atomic E-state index is -0.502. The molecule has 2 amide bonds. The molecule has 4 aliphatic rings. The molecule has 3 aliphatic heterocycles. The van der Waals surface area contributed by atoms with Crippen LogP contribution in [-0.2, 0) is 26.4 Å². The van der Waals surface area contributed by atoms with Crippen molar-refractivity contribution in [2.24, 2.45) is 17.0 Å². The summed E-state index contributed by atoms with van der Waals surface area (Å²) in [6, 6.07) is 0. The summed E-state index contributed by atoms with van der Waals surface area (Å²) in [5.41, 5.74) is 2.71. The number of oxime groups is 1. The number of aromatic amines is 1. The van der Waals surface area contributed by atoms with Gasteiger partial charge in [0.25, 0.3) is 5.91 Å². The maximum atomic E-state index is 13.1. The number of nitrogens with zero attached hydrogens (tertiary/aromatic N) is 4. The highest BCUT2D eigenvalue weighted by Crippen LogP contribution is 2.45. The number of hydrogen-bond donors (Lipinski definition) is 1. The summed E-state index contributed by atoms with van der Waals surface area (Å²) in [7, 11) is 0. The van der Waals surface area contributed by atoms with E-state index in [-0.39, 0.29) is 23.3 Å². The van der Waals surface area contributed by atoms with Crippen molar-refractivity contribution in [2.75, 3.05) is 19.6 Å². The smallest absolute Gasteiger partial charge is 0.266 e. The van der Waals surface area contributed by atoms with Crippen molar-refractivity contribution in [3.05, 3.63) is 17.7 Å². The highest BCUT2D eigenvalue weighted by molar-refractivity contribution is 5.93. The highest BCUT2D eigenvalue weighted by Gasteiger charge is 2.51. The molecule has 8 heteroatoms. The molecule has 1 saturated carbocycles. The van der Waals surface area contributed by atoms with E-state index in [9.17, 15) is 9.59 Å². The summed E-state index contributed by atoms with van der Waals surface area (Å²) < 4.78 is 0. The molecule has 8 nitrogen and oxygen atoms in total. The lowest BCUT2D eigenvalue weighted by molar-refractivity contribution is -0.149. The zero-order valence-electron chi connectivity index (χ0n) is 17.2. The van der Waals surface area contributed by atoms with Gasteiger partial charge in [-0.05, 0) is 31.6 Å². The Kier molecular flexibility index (Phi) is 4.40. The Morgan fingerprint density at radius 1 is 1.21 bits per heavy atom. The number of H-pyrrole nitrogens is 1. The Labute approximate surface area is 170 Å². The third-order valence-electron chi connectivity index (χ3n) is 6.99. The molecule has 156 valence electrons. The number of carbonyl (C=O) groups is 2. The van der Waals surface area contributed by atoms with Crippen LogP contribution in [0.1, 0.15) is 57.3 Å². The van der Waals surface area contributed by atoms with E-state index in [1.54, 1.807) is 6.33 Å². The predicted molar refractivity (Wildman–Crippen MR) is 106 cm³/mol. The van der Waals surface area contributed by atoms with E-state index >= 15 is 0 Å². The molecule has 0 radical (unpaired) electrons. The molecule has 1 aliphatic carbocycles. The number of rotatable bonds is 3. The minimum absolute atomic E-state index is 0.0115. The van der Waals surface area contributed by atoms with Gasteiger partial charge in [-0.25, -0.2) is 4.98 Å². The fourth-order valence-electron chi connectivity index (χ4n) is 5.03. The molecule has 1 spiro atoms. The number of carbonyl (C=O) groups excluding carboxylic acids is 2. The van der Waals surface area contributed by atoms with Gasteiger partial charge >= 0.3 is 0 Å². The fourth-order valence-corrected chi connectivity index (χ4v) is 5.03. The predicted octanol–water partition coefficient (Wildman–Crippen LogP) is 1.82. The van der Waals surface area contributed by atoms with Crippen molar-refractivity contribution < 1.29 is 14.4 Å². The molecule has 29 heavy (non-hydrogen) atoms. The van der Waals surface area contributed by atoms with Gasteiger partial charge in [-0.1, -0.05) is 19.0 Å². The SMILES string of the molecule is CC(C)C1=NO[C@H](C(=O)N2CCC3(CC2)c2nc[nH]c2CCN3C(=O)C2CC2)C1. The Hall–Kier alpha value is -2.38. The van der Waals surface area contributed by atoms with Crippen LogP contribution in [0.5, 0.6) is 0 Å². The van der Waals surface area contributed by atoms with Gasteiger partial charge in [0.15, 0.2) is 0 Å². The molecule has 1 aromatic rings. The Morgan fingerprint density at radius 3 is 2.62 bits per heavy atom. The lowest BCUT2D eigenvalue weighted by Gasteiger charge is -2.50. The number of hydrogen-bond acceptors (Lipinski definition) is 5. The van der Waals surface area contributed by atoms with Crippen LogP contribution in [0.2, 0.25) is 0 Å². The Bertz CT molecular complexity index is 848. The normalized spacial score (nSPS) is 25.8. The van der Waals surface area contributed by atoms with Gasteiger partial charge in [0, 0.05) is 44.1 Å². The van der Waals surface area contributed by atoms with E-state index in [4.69, 9.17) is 4.84 Å². The second-order valence-electron chi connectivity index (χ2n) is 9.14. The van der Waals surface area contributed by atoms with E-state index in [1.165, 1.54) is 0 Å². The second-order valence-corrected chi connectivity index (χ2v) is 9.14. The third kappa shape index (κ3) is 3.04. The van der Waals surface area contributed by atoms with Crippen molar-refractivity contribution in [3.8, 4) is 0 Å². The number of piperidine rings is 1. The van der Waals surface area contributed by atoms with Crippen molar-refractivity contribution in [1.29, 1.82) is 0 Å². The number of amides is 2. The molecule has 0 bridgehead atoms. The van der Waals surface area contributed by atoms with Crippen LogP contribution in [0.25, 0.3) is 0 Å². The fraction of sp³-hybridized carbons (Fsp3) is 0.714. The van der Waals surface area contributed by atoms with Crippen LogP contribution in [0, 0.1) is 11.8 Å². The summed E-state index contributed by atoms with van der Waals surface area (Å²) in [5.74, 6) is 0.759. The molecule has 1 aromatic heterocycles. The topological polar surface area (TPSA) is 90.9 Å². The van der Waals surface area contributed by atoms with Crippen molar-refractivity contribution in [3.63, 3.8) is 0 Å². The lowest BCUT2D eigenvalue weighted by Crippen LogP contribution is -2.59. The zero-order chi connectivity index (χ0) is 20.2. The molecular formula is C21H29N5O3. The maximum absolute atomic E-state index is 13.1. The number of nitrogens with one attached hydrogen (secondary N) is 1. The van der Waals surface area contributed by atoms with Crippen molar-refractivity contribution in [1.82, 2.24) is 19.8 Å². The van der Waals surface area contributed by atoms with Gasteiger partial charge in [-0.2, -0.15) is 0 Å². The van der Waals surface area contributed by atoms with E-state index in [0.717, 1.165) is 55.7 Å².